The van der Waals surface area contributed by atoms with Crippen molar-refractivity contribution in [3.63, 3.8) is 0 Å². The van der Waals surface area contributed by atoms with Gasteiger partial charge in [0.1, 0.15) is 5.78 Å². The van der Waals surface area contributed by atoms with E-state index in [1.54, 1.807) is 6.92 Å². The van der Waals surface area contributed by atoms with Crippen molar-refractivity contribution in [3.05, 3.63) is 0 Å². The van der Waals surface area contributed by atoms with E-state index in [0.29, 0.717) is 18.2 Å². The van der Waals surface area contributed by atoms with Gasteiger partial charge >= 0.3 is 0 Å². The Labute approximate surface area is 96.4 Å². The first kappa shape index (κ1) is 11.6. The summed E-state index contributed by atoms with van der Waals surface area (Å²) >= 11 is 0. The molecule has 2 aliphatic rings. The van der Waals surface area contributed by atoms with Crippen molar-refractivity contribution in [3.8, 4) is 0 Å². The van der Waals surface area contributed by atoms with Crippen molar-refractivity contribution in [2.45, 2.75) is 51.1 Å². The molecule has 0 aromatic rings. The Morgan fingerprint density at radius 3 is 2.94 bits per heavy atom. The quantitative estimate of drug-likeness (QED) is 0.751. The fraction of sp³-hybridized carbons (Fsp3) is 0.833. The van der Waals surface area contributed by atoms with Crippen molar-refractivity contribution in [1.29, 1.82) is 0 Å². The zero-order valence-corrected chi connectivity index (χ0v) is 9.87. The van der Waals surface area contributed by atoms with E-state index in [1.807, 2.05) is 0 Å². The number of nitrogens with zero attached hydrogens (tertiary/aromatic N) is 1. The molecule has 0 bridgehead atoms. The van der Waals surface area contributed by atoms with Gasteiger partial charge in [-0.25, -0.2) is 0 Å². The minimum Gasteiger partial charge on any atom is -0.352 e. The molecule has 0 aromatic carbocycles. The summed E-state index contributed by atoms with van der Waals surface area (Å²) in [6, 6.07) is 0.717. The fourth-order valence-electron chi connectivity index (χ4n) is 2.84. The van der Waals surface area contributed by atoms with E-state index in [-0.39, 0.29) is 11.9 Å². The lowest BCUT2D eigenvalue weighted by Crippen LogP contribution is -2.41. The van der Waals surface area contributed by atoms with Gasteiger partial charge in [0.15, 0.2) is 0 Å². The number of likely N-dealkylation sites (tertiary alicyclic amines) is 1. The summed E-state index contributed by atoms with van der Waals surface area (Å²) in [6.45, 7) is 3.49. The van der Waals surface area contributed by atoms with Crippen LogP contribution in [-0.4, -0.2) is 41.8 Å². The first-order chi connectivity index (χ1) is 7.65. The fourth-order valence-corrected chi connectivity index (χ4v) is 2.84. The van der Waals surface area contributed by atoms with E-state index < -0.39 is 0 Å². The smallest absolute Gasteiger partial charge is 0.217 e. The highest BCUT2D eigenvalue weighted by Crippen LogP contribution is 2.23. The highest BCUT2D eigenvalue weighted by molar-refractivity contribution is 5.79. The number of ketones is 1. The van der Waals surface area contributed by atoms with Gasteiger partial charge in [-0.2, -0.15) is 0 Å². The third-order valence-electron chi connectivity index (χ3n) is 3.60. The Balaban J connectivity index is 1.83. The molecule has 0 radical (unpaired) electrons. The summed E-state index contributed by atoms with van der Waals surface area (Å²) in [5, 5.41) is 2.96. The number of nitrogens with one attached hydrogen (secondary N) is 1. The standard InChI is InChI=1S/C12H20N2O2/c1-9(15)13-10-5-6-14(8-10)11-3-2-4-12(16)7-11/h10-11H,2-8H2,1H3,(H,13,15). The highest BCUT2D eigenvalue weighted by atomic mass is 16.1. The number of Topliss-reactive ketones (excluding diaryl/α,β-unsaturated/α-hetero) is 1. The minimum absolute atomic E-state index is 0.0478. The molecule has 0 aromatic heterocycles. The van der Waals surface area contributed by atoms with Crippen LogP contribution in [0.15, 0.2) is 0 Å². The van der Waals surface area contributed by atoms with Gasteiger partial charge in [-0.3, -0.25) is 14.5 Å². The van der Waals surface area contributed by atoms with Crippen molar-refractivity contribution in [2.75, 3.05) is 13.1 Å². The second-order valence-electron chi connectivity index (χ2n) is 4.97. The van der Waals surface area contributed by atoms with Crippen molar-refractivity contribution in [1.82, 2.24) is 10.2 Å². The average molecular weight is 224 g/mol. The van der Waals surface area contributed by atoms with E-state index in [2.05, 4.69) is 10.2 Å². The first-order valence-electron chi connectivity index (χ1n) is 6.18. The first-order valence-corrected chi connectivity index (χ1v) is 6.18. The van der Waals surface area contributed by atoms with Crippen LogP contribution in [-0.2, 0) is 9.59 Å². The topological polar surface area (TPSA) is 49.4 Å². The predicted molar refractivity (Wildman–Crippen MR) is 61.1 cm³/mol. The maximum absolute atomic E-state index is 11.4. The van der Waals surface area contributed by atoms with E-state index >= 15 is 0 Å². The lowest BCUT2D eigenvalue weighted by Gasteiger charge is -2.30. The van der Waals surface area contributed by atoms with Crippen LogP contribution in [0.3, 0.4) is 0 Å². The number of rotatable bonds is 2. The maximum Gasteiger partial charge on any atom is 0.217 e. The van der Waals surface area contributed by atoms with Gasteiger partial charge < -0.3 is 5.32 Å². The molecule has 0 spiro atoms. The van der Waals surface area contributed by atoms with Crippen molar-refractivity contribution < 1.29 is 9.59 Å². The molecule has 4 heteroatoms. The van der Waals surface area contributed by atoms with Gasteiger partial charge in [0.05, 0.1) is 0 Å². The Kier molecular flexibility index (Phi) is 3.59. The molecule has 4 nitrogen and oxygen atoms in total. The molecule has 1 saturated heterocycles. The van der Waals surface area contributed by atoms with Crippen LogP contribution in [0.1, 0.15) is 39.0 Å². The summed E-state index contributed by atoms with van der Waals surface area (Å²) in [7, 11) is 0. The van der Waals surface area contributed by atoms with E-state index in [0.717, 1.165) is 38.8 Å². The number of carbonyl (C=O) groups is 2. The van der Waals surface area contributed by atoms with Gasteiger partial charge in [-0.15, -0.1) is 0 Å². The highest BCUT2D eigenvalue weighted by Gasteiger charge is 2.31. The lowest BCUT2D eigenvalue weighted by molar-refractivity contribution is -0.122. The molecule has 16 heavy (non-hydrogen) atoms. The molecule has 1 saturated carbocycles. The molecule has 1 N–H and O–H groups in total. The molecule has 2 atom stereocenters. The van der Waals surface area contributed by atoms with Gasteiger partial charge in [0, 0.05) is 44.9 Å². The monoisotopic (exact) mass is 224 g/mol. The van der Waals surface area contributed by atoms with Crippen LogP contribution in [0, 0.1) is 0 Å². The molecule has 2 unspecified atom stereocenters. The molecule has 90 valence electrons. The van der Waals surface area contributed by atoms with E-state index in [9.17, 15) is 9.59 Å². The lowest BCUT2D eigenvalue weighted by atomic mass is 9.93. The molecule has 1 aliphatic carbocycles. The Morgan fingerprint density at radius 1 is 1.44 bits per heavy atom. The largest absolute Gasteiger partial charge is 0.352 e. The minimum atomic E-state index is 0.0478. The van der Waals surface area contributed by atoms with Crippen molar-refractivity contribution in [2.24, 2.45) is 0 Å². The predicted octanol–water partition coefficient (Wildman–Crippen LogP) is 0.708. The van der Waals surface area contributed by atoms with Crippen LogP contribution in [0.4, 0.5) is 0 Å². The normalized spacial score (nSPS) is 31.7. The van der Waals surface area contributed by atoms with Gasteiger partial charge in [-0.1, -0.05) is 0 Å². The number of carbonyl (C=O) groups excluding carboxylic acids is 2. The maximum atomic E-state index is 11.4. The zero-order chi connectivity index (χ0) is 11.5. The van der Waals surface area contributed by atoms with Crippen LogP contribution < -0.4 is 5.32 Å². The van der Waals surface area contributed by atoms with Crippen LogP contribution in [0.25, 0.3) is 0 Å². The van der Waals surface area contributed by atoms with Gasteiger partial charge in [0.2, 0.25) is 5.91 Å². The third-order valence-corrected chi connectivity index (χ3v) is 3.60. The van der Waals surface area contributed by atoms with Crippen LogP contribution in [0.5, 0.6) is 0 Å². The van der Waals surface area contributed by atoms with Gasteiger partial charge in [-0.05, 0) is 19.3 Å². The van der Waals surface area contributed by atoms with Crippen LogP contribution >= 0.6 is 0 Å². The molecule has 2 fully saturated rings. The SMILES string of the molecule is CC(=O)NC1CCN(C2CCCC(=O)C2)C1. The van der Waals surface area contributed by atoms with Crippen molar-refractivity contribution >= 4 is 11.7 Å². The van der Waals surface area contributed by atoms with E-state index in [1.165, 1.54) is 0 Å². The van der Waals surface area contributed by atoms with Crippen LogP contribution in [0.2, 0.25) is 0 Å². The number of hydrogen-bond donors (Lipinski definition) is 1. The molecule has 1 amide bonds. The summed E-state index contributed by atoms with van der Waals surface area (Å²) in [5.41, 5.74) is 0. The Bertz CT molecular complexity index is 291. The zero-order valence-electron chi connectivity index (χ0n) is 9.87. The molecule has 1 aliphatic heterocycles. The summed E-state index contributed by atoms with van der Waals surface area (Å²) in [5.74, 6) is 0.450. The molecule has 2 rings (SSSR count). The Hall–Kier alpha value is -0.900. The third kappa shape index (κ3) is 2.82. The second kappa shape index (κ2) is 4.95. The molecular formula is C12H20N2O2. The summed E-state index contributed by atoms with van der Waals surface area (Å²) in [6.07, 6.45) is 4.67. The summed E-state index contributed by atoms with van der Waals surface area (Å²) in [4.78, 5) is 24.7. The second-order valence-corrected chi connectivity index (χ2v) is 4.97. The van der Waals surface area contributed by atoms with Gasteiger partial charge in [0.25, 0.3) is 0 Å². The summed E-state index contributed by atoms with van der Waals surface area (Å²) < 4.78 is 0. The Morgan fingerprint density at radius 2 is 2.25 bits per heavy atom. The number of hydrogen-bond acceptors (Lipinski definition) is 3. The molecule has 1 heterocycles. The number of amides is 1. The average Bonchev–Trinajstić information content (AvgIpc) is 2.65. The molecular weight excluding hydrogens is 204 g/mol. The van der Waals surface area contributed by atoms with E-state index in [4.69, 9.17) is 0 Å².